The van der Waals surface area contributed by atoms with Gasteiger partial charge >= 0.3 is 12.4 Å². The minimum absolute atomic E-state index is 0.134. The SMILES string of the molecule is C[C@H](c1ccccc1)C(F)(F)F.O[C@H](c1ccccc1)C(F)(F)F. The summed E-state index contributed by atoms with van der Waals surface area (Å²) in [5, 5.41) is 8.73. The summed E-state index contributed by atoms with van der Waals surface area (Å²) < 4.78 is 72.1. The Morgan fingerprint density at radius 3 is 1.38 bits per heavy atom. The van der Waals surface area contributed by atoms with Gasteiger partial charge < -0.3 is 5.11 Å². The maximum Gasteiger partial charge on any atom is 0.418 e. The van der Waals surface area contributed by atoms with E-state index in [4.69, 9.17) is 5.11 Å². The second-order valence-electron chi connectivity index (χ2n) is 5.03. The summed E-state index contributed by atoms with van der Waals surface area (Å²) in [6, 6.07) is 14.8. The average Bonchev–Trinajstić information content (AvgIpc) is 2.54. The van der Waals surface area contributed by atoms with E-state index in [0.717, 1.165) is 6.92 Å². The number of hydrogen-bond donors (Lipinski definition) is 1. The minimum atomic E-state index is -4.58. The third-order valence-corrected chi connectivity index (χ3v) is 3.22. The van der Waals surface area contributed by atoms with Crippen molar-refractivity contribution in [1.29, 1.82) is 0 Å². The van der Waals surface area contributed by atoms with Gasteiger partial charge in [-0.3, -0.25) is 0 Å². The van der Waals surface area contributed by atoms with E-state index < -0.39 is 24.4 Å². The molecule has 7 heteroatoms. The van der Waals surface area contributed by atoms with Gasteiger partial charge in [-0.25, -0.2) is 0 Å². The molecule has 0 amide bonds. The maximum absolute atomic E-state index is 12.1. The molecule has 1 N–H and O–H groups in total. The van der Waals surface area contributed by atoms with Crippen LogP contribution < -0.4 is 0 Å². The Bertz CT molecular complexity index is 536. The van der Waals surface area contributed by atoms with Crippen LogP contribution in [0.1, 0.15) is 30.1 Å². The van der Waals surface area contributed by atoms with Crippen molar-refractivity contribution in [3.63, 3.8) is 0 Å². The largest absolute Gasteiger partial charge is 0.418 e. The highest BCUT2D eigenvalue weighted by Gasteiger charge is 2.39. The van der Waals surface area contributed by atoms with Gasteiger partial charge in [0.2, 0.25) is 0 Å². The fraction of sp³-hybridized carbons (Fsp3) is 0.294. The van der Waals surface area contributed by atoms with Gasteiger partial charge in [0, 0.05) is 0 Å². The summed E-state index contributed by atoms with van der Waals surface area (Å²) in [6.45, 7) is 1.16. The van der Waals surface area contributed by atoms with Crippen LogP contribution in [0.15, 0.2) is 60.7 Å². The Morgan fingerprint density at radius 1 is 0.667 bits per heavy atom. The zero-order valence-electron chi connectivity index (χ0n) is 12.6. The molecule has 0 heterocycles. The number of halogens is 6. The summed E-state index contributed by atoms with van der Waals surface area (Å²) >= 11 is 0. The molecular weight excluding hydrogens is 334 g/mol. The quantitative estimate of drug-likeness (QED) is 0.696. The molecule has 1 nitrogen and oxygen atoms in total. The molecule has 0 spiro atoms. The van der Waals surface area contributed by atoms with E-state index in [2.05, 4.69) is 0 Å². The van der Waals surface area contributed by atoms with Crippen LogP contribution in [0.3, 0.4) is 0 Å². The third-order valence-electron chi connectivity index (χ3n) is 3.22. The first-order valence-corrected chi connectivity index (χ1v) is 6.95. The van der Waals surface area contributed by atoms with Crippen molar-refractivity contribution >= 4 is 0 Å². The van der Waals surface area contributed by atoms with Crippen LogP contribution in [0.4, 0.5) is 26.3 Å². The molecule has 132 valence electrons. The highest BCUT2D eigenvalue weighted by molar-refractivity contribution is 5.20. The van der Waals surface area contributed by atoms with Crippen molar-refractivity contribution in [1.82, 2.24) is 0 Å². The molecule has 0 bridgehead atoms. The van der Waals surface area contributed by atoms with Crippen molar-refractivity contribution < 1.29 is 31.4 Å². The maximum atomic E-state index is 12.1. The standard InChI is InChI=1S/C9H9F3.C8H7F3O/c1-7(9(10,11)12)8-5-3-2-4-6-8;9-8(10,11)7(12)6-4-2-1-3-5-6/h2-7H,1H3;1-5,7,12H/t2*7-/m11/s1. The van der Waals surface area contributed by atoms with Gasteiger partial charge in [-0.15, -0.1) is 0 Å². The molecule has 0 aliphatic carbocycles. The third kappa shape index (κ3) is 6.23. The van der Waals surface area contributed by atoms with Crippen molar-refractivity contribution in [2.45, 2.75) is 31.3 Å². The van der Waals surface area contributed by atoms with Gasteiger partial charge in [-0.05, 0) is 18.1 Å². The zero-order chi connectivity index (χ0) is 18.4. The lowest BCUT2D eigenvalue weighted by molar-refractivity contribution is -0.206. The lowest BCUT2D eigenvalue weighted by Gasteiger charge is -2.15. The summed E-state index contributed by atoms with van der Waals surface area (Å²) in [4.78, 5) is 0. The van der Waals surface area contributed by atoms with Gasteiger partial charge in [0.25, 0.3) is 0 Å². The molecule has 2 aromatic carbocycles. The Balaban J connectivity index is 0.000000240. The number of aliphatic hydroxyl groups is 1. The van der Waals surface area contributed by atoms with Gasteiger partial charge in [0.1, 0.15) is 0 Å². The summed E-state index contributed by atoms with van der Waals surface area (Å²) in [7, 11) is 0. The second-order valence-corrected chi connectivity index (χ2v) is 5.03. The molecule has 24 heavy (non-hydrogen) atoms. The molecule has 0 radical (unpaired) electrons. The molecule has 0 saturated heterocycles. The molecule has 0 saturated carbocycles. The lowest BCUT2D eigenvalue weighted by atomic mass is 10.0. The predicted molar refractivity (Wildman–Crippen MR) is 78.4 cm³/mol. The number of benzene rings is 2. The monoisotopic (exact) mass is 350 g/mol. The number of rotatable bonds is 2. The predicted octanol–water partition coefficient (Wildman–Crippen LogP) is 5.63. The second kappa shape index (κ2) is 8.19. The molecule has 0 aliphatic rings. The van der Waals surface area contributed by atoms with E-state index >= 15 is 0 Å². The van der Waals surface area contributed by atoms with Crippen LogP contribution >= 0.6 is 0 Å². The highest BCUT2D eigenvalue weighted by atomic mass is 19.4. The zero-order valence-corrected chi connectivity index (χ0v) is 12.6. The Hall–Kier alpha value is -2.02. The van der Waals surface area contributed by atoms with E-state index in [0.29, 0.717) is 5.56 Å². The van der Waals surface area contributed by atoms with Crippen LogP contribution in [0.2, 0.25) is 0 Å². The van der Waals surface area contributed by atoms with E-state index in [1.807, 2.05) is 0 Å². The van der Waals surface area contributed by atoms with Gasteiger partial charge in [0.05, 0.1) is 5.92 Å². The van der Waals surface area contributed by atoms with Crippen molar-refractivity contribution in [3.05, 3.63) is 71.8 Å². The van der Waals surface area contributed by atoms with Crippen molar-refractivity contribution in [2.75, 3.05) is 0 Å². The topological polar surface area (TPSA) is 20.2 Å². The summed E-state index contributed by atoms with van der Waals surface area (Å²) in [5.41, 5.74) is 0.176. The van der Waals surface area contributed by atoms with E-state index in [1.165, 1.54) is 36.4 Å². The van der Waals surface area contributed by atoms with Crippen LogP contribution in [0.25, 0.3) is 0 Å². The number of hydrogen-bond acceptors (Lipinski definition) is 1. The molecule has 2 rings (SSSR count). The fourth-order valence-corrected chi connectivity index (χ4v) is 1.76. The fourth-order valence-electron chi connectivity index (χ4n) is 1.76. The lowest BCUT2D eigenvalue weighted by Crippen LogP contribution is -2.19. The molecular formula is C17H16F6O. The van der Waals surface area contributed by atoms with Gasteiger partial charge in [-0.1, -0.05) is 60.7 Å². The highest BCUT2D eigenvalue weighted by Crippen LogP contribution is 2.34. The summed E-state index contributed by atoms with van der Waals surface area (Å²) in [6.07, 6.45) is -11.1. The minimum Gasteiger partial charge on any atom is -0.379 e. The molecule has 2 atom stereocenters. The first-order valence-electron chi connectivity index (χ1n) is 6.95. The van der Waals surface area contributed by atoms with Gasteiger partial charge in [-0.2, -0.15) is 26.3 Å². The smallest absolute Gasteiger partial charge is 0.379 e. The van der Waals surface area contributed by atoms with Crippen LogP contribution in [-0.4, -0.2) is 17.5 Å². The number of alkyl halides is 6. The van der Waals surface area contributed by atoms with Crippen molar-refractivity contribution in [3.8, 4) is 0 Å². The molecule has 0 aliphatic heterocycles. The normalized spacial score (nSPS) is 14.3. The molecule has 0 unspecified atom stereocenters. The molecule has 2 aromatic rings. The summed E-state index contributed by atoms with van der Waals surface area (Å²) in [5.74, 6) is -1.38. The molecule has 0 aromatic heterocycles. The van der Waals surface area contributed by atoms with E-state index in [9.17, 15) is 26.3 Å². The first kappa shape index (κ1) is 20.0. The van der Waals surface area contributed by atoms with Crippen LogP contribution in [0, 0.1) is 0 Å². The van der Waals surface area contributed by atoms with E-state index in [-0.39, 0.29) is 5.56 Å². The van der Waals surface area contributed by atoms with Crippen LogP contribution in [-0.2, 0) is 0 Å². The Labute approximate surface area is 135 Å². The molecule has 0 fully saturated rings. The average molecular weight is 350 g/mol. The Kier molecular flexibility index (Phi) is 6.83. The van der Waals surface area contributed by atoms with Gasteiger partial charge in [0.15, 0.2) is 6.10 Å². The van der Waals surface area contributed by atoms with E-state index in [1.54, 1.807) is 24.3 Å². The Morgan fingerprint density at radius 2 is 1.04 bits per heavy atom. The van der Waals surface area contributed by atoms with Crippen molar-refractivity contribution in [2.24, 2.45) is 0 Å². The number of aliphatic hydroxyl groups excluding tert-OH is 1. The first-order chi connectivity index (χ1) is 11.0. The van der Waals surface area contributed by atoms with Crippen LogP contribution in [0.5, 0.6) is 0 Å².